The molecule has 2 rings (SSSR count). The van der Waals surface area contributed by atoms with E-state index in [0.29, 0.717) is 0 Å². The molecule has 0 spiro atoms. The molecule has 4 nitrogen and oxygen atoms in total. The van der Waals surface area contributed by atoms with Gasteiger partial charge in [0.05, 0.1) is 0 Å². The molecule has 0 radical (unpaired) electrons. The number of aryl methyl sites for hydroxylation is 2. The molecule has 0 unspecified atom stereocenters. The summed E-state index contributed by atoms with van der Waals surface area (Å²) >= 11 is 0. The van der Waals surface area contributed by atoms with Crippen LogP contribution in [0.2, 0.25) is 0 Å². The van der Waals surface area contributed by atoms with Gasteiger partial charge in [0.1, 0.15) is 5.69 Å². The third-order valence-corrected chi connectivity index (χ3v) is 3.52. The smallest absolute Gasteiger partial charge is 0.178 e. The highest BCUT2D eigenvalue weighted by Gasteiger charge is 2.10. The summed E-state index contributed by atoms with van der Waals surface area (Å²) in [6, 6.07) is 5.81. The molecule has 4 heteroatoms. The van der Waals surface area contributed by atoms with Gasteiger partial charge < -0.3 is 5.32 Å². The molecule has 1 N–H and O–H groups in total. The second-order valence-corrected chi connectivity index (χ2v) is 5.27. The van der Waals surface area contributed by atoms with Crippen LogP contribution in [0.1, 0.15) is 36.7 Å². The Morgan fingerprint density at radius 3 is 2.43 bits per heavy atom. The molecule has 112 valence electrons. The first kappa shape index (κ1) is 15.6. The Morgan fingerprint density at radius 1 is 1.05 bits per heavy atom. The Kier molecular flexibility index (Phi) is 5.81. The van der Waals surface area contributed by atoms with Crippen molar-refractivity contribution in [3.63, 3.8) is 0 Å². The number of nitrogens with zero attached hydrogens (tertiary/aromatic N) is 3. The third kappa shape index (κ3) is 4.33. The lowest BCUT2D eigenvalue weighted by Crippen LogP contribution is -2.17. The zero-order valence-electron chi connectivity index (χ0n) is 13.2. The summed E-state index contributed by atoms with van der Waals surface area (Å²) in [5, 5.41) is 3.43. The maximum atomic E-state index is 4.63. The number of nitrogens with one attached hydrogen (secondary N) is 1. The highest BCUT2D eigenvalue weighted by molar-refractivity contribution is 5.49. The van der Waals surface area contributed by atoms with E-state index < -0.39 is 0 Å². The minimum atomic E-state index is 0.721. The van der Waals surface area contributed by atoms with E-state index in [1.807, 2.05) is 18.2 Å². The minimum absolute atomic E-state index is 0.721. The van der Waals surface area contributed by atoms with Crippen LogP contribution in [0.5, 0.6) is 0 Å². The number of aromatic nitrogens is 3. The molecule has 2 aromatic heterocycles. The molecule has 0 saturated carbocycles. The van der Waals surface area contributed by atoms with Gasteiger partial charge in [-0.1, -0.05) is 13.0 Å². The molecule has 0 saturated heterocycles. The summed E-state index contributed by atoms with van der Waals surface area (Å²) in [5.74, 6) is 0.721. The van der Waals surface area contributed by atoms with Gasteiger partial charge in [-0.25, -0.2) is 9.97 Å². The fourth-order valence-corrected chi connectivity index (χ4v) is 2.40. The molecule has 0 aliphatic rings. The number of rotatable bonds is 7. The van der Waals surface area contributed by atoms with Gasteiger partial charge in [0.25, 0.3) is 0 Å². The number of hydrogen-bond donors (Lipinski definition) is 1. The van der Waals surface area contributed by atoms with Crippen LogP contribution < -0.4 is 5.32 Å². The van der Waals surface area contributed by atoms with Gasteiger partial charge in [0.15, 0.2) is 5.82 Å². The van der Waals surface area contributed by atoms with Crippen molar-refractivity contribution in [3.8, 4) is 11.5 Å². The monoisotopic (exact) mass is 284 g/mol. The summed E-state index contributed by atoms with van der Waals surface area (Å²) in [4.78, 5) is 13.6. The Hall–Kier alpha value is -1.81. The van der Waals surface area contributed by atoms with Crippen molar-refractivity contribution in [1.29, 1.82) is 0 Å². The van der Waals surface area contributed by atoms with Crippen molar-refractivity contribution in [2.45, 2.75) is 40.0 Å². The van der Waals surface area contributed by atoms with E-state index in [0.717, 1.165) is 48.8 Å². The zero-order chi connectivity index (χ0) is 15.1. The molecule has 0 aliphatic heterocycles. The topological polar surface area (TPSA) is 50.7 Å². The van der Waals surface area contributed by atoms with Crippen LogP contribution in [0.3, 0.4) is 0 Å². The second-order valence-electron chi connectivity index (χ2n) is 5.27. The molecule has 0 fully saturated rings. The molecule has 0 bridgehead atoms. The van der Waals surface area contributed by atoms with E-state index in [9.17, 15) is 0 Å². The maximum absolute atomic E-state index is 4.63. The Bertz CT molecular complexity index is 543. The van der Waals surface area contributed by atoms with Crippen molar-refractivity contribution < 1.29 is 0 Å². The van der Waals surface area contributed by atoms with Crippen molar-refractivity contribution >= 4 is 0 Å². The summed E-state index contributed by atoms with van der Waals surface area (Å²) in [5.41, 5.74) is 4.24. The van der Waals surface area contributed by atoms with Crippen molar-refractivity contribution in [2.75, 3.05) is 13.1 Å². The SMILES string of the molecule is CCCNCCCc1c(C)nc(-c2ccccn2)nc1C. The second kappa shape index (κ2) is 7.84. The van der Waals surface area contributed by atoms with E-state index in [-0.39, 0.29) is 0 Å². The Morgan fingerprint density at radius 2 is 1.81 bits per heavy atom. The lowest BCUT2D eigenvalue weighted by molar-refractivity contribution is 0.636. The van der Waals surface area contributed by atoms with E-state index in [2.05, 4.69) is 41.0 Å². The quantitative estimate of drug-likeness (QED) is 0.794. The minimum Gasteiger partial charge on any atom is -0.317 e. The molecule has 0 atom stereocenters. The first-order valence-corrected chi connectivity index (χ1v) is 7.68. The highest BCUT2D eigenvalue weighted by Crippen LogP contribution is 2.17. The van der Waals surface area contributed by atoms with Gasteiger partial charge >= 0.3 is 0 Å². The summed E-state index contributed by atoms with van der Waals surface area (Å²) in [6.07, 6.45) is 5.10. The van der Waals surface area contributed by atoms with Crippen molar-refractivity contribution in [2.24, 2.45) is 0 Å². The van der Waals surface area contributed by atoms with Crippen LogP contribution in [0, 0.1) is 13.8 Å². The van der Waals surface area contributed by atoms with Gasteiger partial charge in [-0.15, -0.1) is 0 Å². The van der Waals surface area contributed by atoms with E-state index in [4.69, 9.17) is 0 Å². The standard InChI is InChI=1S/C17H24N4/c1-4-10-18-11-7-8-15-13(2)20-17(21-14(15)3)16-9-5-6-12-19-16/h5-6,9,12,18H,4,7-8,10-11H2,1-3H3. The van der Waals surface area contributed by atoms with Crippen LogP contribution in [0.4, 0.5) is 0 Å². The maximum Gasteiger partial charge on any atom is 0.178 e. The van der Waals surface area contributed by atoms with Gasteiger partial charge in [-0.05, 0) is 63.9 Å². The number of hydrogen-bond acceptors (Lipinski definition) is 4. The average Bonchev–Trinajstić information content (AvgIpc) is 2.50. The fourth-order valence-electron chi connectivity index (χ4n) is 2.40. The zero-order valence-corrected chi connectivity index (χ0v) is 13.2. The molecule has 0 aliphatic carbocycles. The molecule has 0 amide bonds. The van der Waals surface area contributed by atoms with Gasteiger partial charge in [0.2, 0.25) is 0 Å². The Labute approximate surface area is 127 Å². The first-order chi connectivity index (χ1) is 10.2. The van der Waals surface area contributed by atoms with E-state index >= 15 is 0 Å². The summed E-state index contributed by atoms with van der Waals surface area (Å²) < 4.78 is 0. The highest BCUT2D eigenvalue weighted by atomic mass is 14.9. The van der Waals surface area contributed by atoms with E-state index in [1.54, 1.807) is 6.20 Å². The van der Waals surface area contributed by atoms with Gasteiger partial charge in [0, 0.05) is 17.6 Å². The average molecular weight is 284 g/mol. The molecular weight excluding hydrogens is 260 g/mol. The van der Waals surface area contributed by atoms with Crippen LogP contribution in [0.15, 0.2) is 24.4 Å². The first-order valence-electron chi connectivity index (χ1n) is 7.68. The third-order valence-electron chi connectivity index (χ3n) is 3.52. The normalized spacial score (nSPS) is 10.8. The van der Waals surface area contributed by atoms with Crippen LogP contribution >= 0.6 is 0 Å². The van der Waals surface area contributed by atoms with Gasteiger partial charge in [-0.2, -0.15) is 0 Å². The lowest BCUT2D eigenvalue weighted by Gasteiger charge is -2.11. The Balaban J connectivity index is 2.07. The molecular formula is C17H24N4. The predicted molar refractivity (Wildman–Crippen MR) is 86.2 cm³/mol. The van der Waals surface area contributed by atoms with E-state index in [1.165, 1.54) is 12.0 Å². The molecule has 0 aromatic carbocycles. The summed E-state index contributed by atoms with van der Waals surface area (Å²) in [6.45, 7) is 8.46. The largest absolute Gasteiger partial charge is 0.317 e. The lowest BCUT2D eigenvalue weighted by atomic mass is 10.1. The molecule has 21 heavy (non-hydrogen) atoms. The van der Waals surface area contributed by atoms with Crippen LogP contribution in [-0.2, 0) is 6.42 Å². The van der Waals surface area contributed by atoms with Crippen LogP contribution in [-0.4, -0.2) is 28.0 Å². The van der Waals surface area contributed by atoms with Crippen molar-refractivity contribution in [1.82, 2.24) is 20.3 Å². The molecule has 2 heterocycles. The fraction of sp³-hybridized carbons (Fsp3) is 0.471. The van der Waals surface area contributed by atoms with Gasteiger partial charge in [-0.3, -0.25) is 4.98 Å². The van der Waals surface area contributed by atoms with Crippen molar-refractivity contribution in [3.05, 3.63) is 41.3 Å². The van der Waals surface area contributed by atoms with Crippen LogP contribution in [0.25, 0.3) is 11.5 Å². The molecule has 2 aromatic rings. The summed E-state index contributed by atoms with van der Waals surface area (Å²) in [7, 11) is 0. The number of pyridine rings is 1. The predicted octanol–water partition coefficient (Wildman–Crippen LogP) is 3.09.